The van der Waals surface area contributed by atoms with Gasteiger partial charge in [-0.2, -0.15) is 0 Å². The molecule has 0 saturated carbocycles. The summed E-state index contributed by atoms with van der Waals surface area (Å²) in [4.78, 5) is 24.1. The van der Waals surface area contributed by atoms with Crippen molar-refractivity contribution in [3.8, 4) is 0 Å². The molecule has 0 aliphatic heterocycles. The molecule has 21 heavy (non-hydrogen) atoms. The second kappa shape index (κ2) is 6.34. The number of hydrogen-bond donors (Lipinski definition) is 2. The molecule has 0 atom stereocenters. The van der Waals surface area contributed by atoms with Gasteiger partial charge in [-0.05, 0) is 23.6 Å². The number of thiophene rings is 1. The Balaban J connectivity index is 2.31. The first-order valence-corrected chi connectivity index (χ1v) is 7.29. The van der Waals surface area contributed by atoms with E-state index in [-0.39, 0.29) is 20.5 Å². The average molecular weight is 345 g/mol. The van der Waals surface area contributed by atoms with E-state index in [9.17, 15) is 9.59 Å². The quantitative estimate of drug-likeness (QED) is 0.657. The van der Waals surface area contributed by atoms with Crippen LogP contribution in [0.3, 0.4) is 0 Å². The Kier molecular flexibility index (Phi) is 4.72. The molecule has 8 heteroatoms. The molecule has 1 aromatic heterocycles. The number of rotatable bonds is 3. The van der Waals surface area contributed by atoms with Gasteiger partial charge in [-0.3, -0.25) is 4.79 Å². The van der Waals surface area contributed by atoms with Gasteiger partial charge in [0, 0.05) is 5.69 Å². The first-order valence-electron chi connectivity index (χ1n) is 5.65. The van der Waals surface area contributed by atoms with Crippen molar-refractivity contribution < 1.29 is 14.3 Å². The number of amides is 1. The molecule has 0 aliphatic carbocycles. The number of halogens is 2. The highest BCUT2D eigenvalue weighted by atomic mass is 35.5. The normalized spacial score (nSPS) is 10.2. The van der Waals surface area contributed by atoms with E-state index >= 15 is 0 Å². The maximum absolute atomic E-state index is 12.2. The largest absolute Gasteiger partial charge is 0.465 e. The highest BCUT2D eigenvalue weighted by Gasteiger charge is 2.19. The Labute approximate surface area is 134 Å². The molecular formula is C13H10Cl2N2O3S. The third-order valence-electron chi connectivity index (χ3n) is 2.58. The molecule has 110 valence electrons. The summed E-state index contributed by atoms with van der Waals surface area (Å²) in [6.45, 7) is 0. The van der Waals surface area contributed by atoms with E-state index in [2.05, 4.69) is 10.1 Å². The third-order valence-corrected chi connectivity index (χ3v) is 4.28. The van der Waals surface area contributed by atoms with Gasteiger partial charge in [-0.1, -0.05) is 23.2 Å². The molecule has 2 aromatic rings. The fraction of sp³-hybridized carbons (Fsp3) is 0.0769. The lowest BCUT2D eigenvalue weighted by Crippen LogP contribution is -2.15. The van der Waals surface area contributed by atoms with Crippen LogP contribution in [0.1, 0.15) is 20.0 Å². The molecule has 0 fully saturated rings. The second-order valence-electron chi connectivity index (χ2n) is 3.97. The topological polar surface area (TPSA) is 81.4 Å². The zero-order valence-electron chi connectivity index (χ0n) is 10.8. The monoisotopic (exact) mass is 344 g/mol. The summed E-state index contributed by atoms with van der Waals surface area (Å²) in [6.07, 6.45) is 0. The zero-order chi connectivity index (χ0) is 15.6. The maximum atomic E-state index is 12.2. The van der Waals surface area contributed by atoms with Crippen LogP contribution in [0.25, 0.3) is 0 Å². The predicted octanol–water partition coefficient (Wildman–Crippen LogP) is 3.68. The lowest BCUT2D eigenvalue weighted by Gasteiger charge is -2.09. The lowest BCUT2D eigenvalue weighted by atomic mass is 10.2. The standard InChI is InChI=1S/C13H10Cl2N2O3S/c1-20-13(19)11-9(2-3-21-11)17-12(18)7-4-6(16)5-8(14)10(7)15/h2-5H,16H2,1H3,(H,17,18). The summed E-state index contributed by atoms with van der Waals surface area (Å²) in [6, 6.07) is 4.45. The minimum Gasteiger partial charge on any atom is -0.465 e. The molecule has 0 aliphatic rings. The first-order chi connectivity index (χ1) is 9.93. The Hall–Kier alpha value is -1.76. The van der Waals surface area contributed by atoms with Crippen LogP contribution in [0.2, 0.25) is 10.0 Å². The van der Waals surface area contributed by atoms with Gasteiger partial charge in [0.1, 0.15) is 4.88 Å². The van der Waals surface area contributed by atoms with Gasteiger partial charge in [0.2, 0.25) is 0 Å². The number of nitrogens with one attached hydrogen (secondary N) is 1. The molecule has 0 radical (unpaired) electrons. The number of benzene rings is 1. The van der Waals surface area contributed by atoms with Gasteiger partial charge < -0.3 is 15.8 Å². The molecule has 0 unspecified atom stereocenters. The predicted molar refractivity (Wildman–Crippen MR) is 84.5 cm³/mol. The van der Waals surface area contributed by atoms with E-state index in [1.165, 1.54) is 19.2 Å². The van der Waals surface area contributed by atoms with Crippen LogP contribution in [-0.4, -0.2) is 19.0 Å². The van der Waals surface area contributed by atoms with Crippen LogP contribution in [0, 0.1) is 0 Å². The first kappa shape index (κ1) is 15.6. The summed E-state index contributed by atoms with van der Waals surface area (Å²) in [7, 11) is 1.27. The van der Waals surface area contributed by atoms with E-state index in [1.807, 2.05) is 0 Å². The van der Waals surface area contributed by atoms with Crippen LogP contribution in [0.5, 0.6) is 0 Å². The molecule has 0 saturated heterocycles. The molecule has 1 aromatic carbocycles. The van der Waals surface area contributed by atoms with Crippen molar-refractivity contribution in [1.82, 2.24) is 0 Å². The molecule has 0 spiro atoms. The maximum Gasteiger partial charge on any atom is 0.350 e. The third kappa shape index (κ3) is 3.29. The molecular weight excluding hydrogens is 335 g/mol. The Morgan fingerprint density at radius 2 is 2.05 bits per heavy atom. The van der Waals surface area contributed by atoms with Crippen LogP contribution < -0.4 is 11.1 Å². The fourth-order valence-electron chi connectivity index (χ4n) is 1.62. The smallest absolute Gasteiger partial charge is 0.350 e. The molecule has 1 amide bonds. The van der Waals surface area contributed by atoms with Gasteiger partial charge in [0.15, 0.2) is 0 Å². The number of hydrogen-bond acceptors (Lipinski definition) is 5. The molecule has 0 bridgehead atoms. The van der Waals surface area contributed by atoms with Gasteiger partial charge in [-0.15, -0.1) is 11.3 Å². The zero-order valence-corrected chi connectivity index (χ0v) is 13.1. The van der Waals surface area contributed by atoms with Crippen molar-refractivity contribution in [1.29, 1.82) is 0 Å². The Morgan fingerprint density at radius 1 is 1.33 bits per heavy atom. The number of methoxy groups -OCH3 is 1. The molecule has 2 rings (SSSR count). The SMILES string of the molecule is COC(=O)c1sccc1NC(=O)c1cc(N)cc(Cl)c1Cl. The van der Waals surface area contributed by atoms with Crippen LogP contribution in [0.4, 0.5) is 11.4 Å². The van der Waals surface area contributed by atoms with Gasteiger partial charge >= 0.3 is 5.97 Å². The van der Waals surface area contributed by atoms with E-state index in [0.29, 0.717) is 11.4 Å². The van der Waals surface area contributed by atoms with E-state index in [4.69, 9.17) is 28.9 Å². The van der Waals surface area contributed by atoms with Crippen molar-refractivity contribution in [2.75, 3.05) is 18.2 Å². The summed E-state index contributed by atoms with van der Waals surface area (Å²) in [5, 5.41) is 4.53. The number of carbonyl (C=O) groups excluding carboxylic acids is 2. The summed E-state index contributed by atoms with van der Waals surface area (Å²) in [5.74, 6) is -1.05. The highest BCUT2D eigenvalue weighted by Crippen LogP contribution is 2.30. The minimum absolute atomic E-state index is 0.0956. The fourth-order valence-corrected chi connectivity index (χ4v) is 2.81. The number of nitrogen functional groups attached to an aromatic ring is 1. The van der Waals surface area contributed by atoms with Crippen molar-refractivity contribution in [3.63, 3.8) is 0 Å². The summed E-state index contributed by atoms with van der Waals surface area (Å²) in [5.41, 5.74) is 6.42. The number of anilines is 2. The van der Waals surface area contributed by atoms with Crippen molar-refractivity contribution in [3.05, 3.63) is 44.1 Å². The van der Waals surface area contributed by atoms with Gasteiger partial charge in [0.05, 0.1) is 28.4 Å². The van der Waals surface area contributed by atoms with E-state index in [0.717, 1.165) is 11.3 Å². The number of esters is 1. The van der Waals surface area contributed by atoms with Crippen LogP contribution in [-0.2, 0) is 4.74 Å². The minimum atomic E-state index is -0.531. The van der Waals surface area contributed by atoms with Gasteiger partial charge in [-0.25, -0.2) is 4.79 Å². The molecule has 1 heterocycles. The lowest BCUT2D eigenvalue weighted by molar-refractivity contribution is 0.0607. The average Bonchev–Trinajstić information content (AvgIpc) is 2.89. The number of ether oxygens (including phenoxy) is 1. The number of nitrogens with two attached hydrogens (primary N) is 1. The van der Waals surface area contributed by atoms with Crippen LogP contribution >= 0.6 is 34.5 Å². The Bertz CT molecular complexity index is 715. The van der Waals surface area contributed by atoms with Crippen LogP contribution in [0.15, 0.2) is 23.6 Å². The van der Waals surface area contributed by atoms with Crippen molar-refractivity contribution >= 4 is 57.8 Å². The second-order valence-corrected chi connectivity index (χ2v) is 5.67. The molecule has 3 N–H and O–H groups in total. The van der Waals surface area contributed by atoms with E-state index < -0.39 is 11.9 Å². The van der Waals surface area contributed by atoms with Crippen molar-refractivity contribution in [2.24, 2.45) is 0 Å². The summed E-state index contributed by atoms with van der Waals surface area (Å²) >= 11 is 13.0. The molecule has 5 nitrogen and oxygen atoms in total. The summed E-state index contributed by atoms with van der Waals surface area (Å²) < 4.78 is 4.64. The van der Waals surface area contributed by atoms with Crippen molar-refractivity contribution in [2.45, 2.75) is 0 Å². The number of carbonyl (C=O) groups is 2. The van der Waals surface area contributed by atoms with Gasteiger partial charge in [0.25, 0.3) is 5.91 Å². The van der Waals surface area contributed by atoms with E-state index in [1.54, 1.807) is 11.4 Å². The highest BCUT2D eigenvalue weighted by molar-refractivity contribution is 7.12. The Morgan fingerprint density at radius 3 is 2.71 bits per heavy atom.